The van der Waals surface area contributed by atoms with Crippen LogP contribution in [0.15, 0.2) is 0 Å². The minimum absolute atomic E-state index is 0.511. The minimum atomic E-state index is -0.523. The highest BCUT2D eigenvalue weighted by molar-refractivity contribution is 5.88. The summed E-state index contributed by atoms with van der Waals surface area (Å²) in [6.07, 6.45) is 1.22. The zero-order chi connectivity index (χ0) is 10.4. The Hall–Kier alpha value is -1.05. The first-order chi connectivity index (χ1) is 6.66. The van der Waals surface area contributed by atoms with Gasteiger partial charge in [0.25, 0.3) is 0 Å². The summed E-state index contributed by atoms with van der Waals surface area (Å²) < 4.78 is 15.1. The van der Waals surface area contributed by atoms with Crippen LogP contribution in [0.1, 0.15) is 19.8 Å². The number of rotatable bonds is 2. The van der Waals surface area contributed by atoms with E-state index in [4.69, 9.17) is 9.47 Å². The predicted molar refractivity (Wildman–Crippen MR) is 49.3 cm³/mol. The third kappa shape index (κ3) is 3.36. The molecule has 0 atom stereocenters. The summed E-state index contributed by atoms with van der Waals surface area (Å²) >= 11 is 0. The molecule has 0 spiro atoms. The Labute approximate surface area is 83.5 Å². The fourth-order valence-corrected chi connectivity index (χ4v) is 1.18. The van der Waals surface area contributed by atoms with E-state index in [9.17, 15) is 4.79 Å². The van der Waals surface area contributed by atoms with Crippen molar-refractivity contribution < 1.29 is 19.0 Å². The van der Waals surface area contributed by atoms with Crippen molar-refractivity contribution in [2.24, 2.45) is 0 Å². The fourth-order valence-electron chi connectivity index (χ4n) is 1.18. The second-order valence-corrected chi connectivity index (χ2v) is 3.12. The van der Waals surface area contributed by atoms with Crippen LogP contribution in [0.4, 0.5) is 0 Å². The molecule has 1 heterocycles. The van der Waals surface area contributed by atoms with E-state index in [1.54, 1.807) is 0 Å². The molecule has 0 aromatic carbocycles. The van der Waals surface area contributed by atoms with Gasteiger partial charge >= 0.3 is 5.97 Å². The molecule has 0 saturated carbocycles. The molecule has 1 saturated heterocycles. The molecule has 78 valence electrons. The van der Waals surface area contributed by atoms with Crippen molar-refractivity contribution in [3.05, 3.63) is 0 Å². The van der Waals surface area contributed by atoms with Gasteiger partial charge in [-0.25, -0.2) is 4.79 Å². The summed E-state index contributed by atoms with van der Waals surface area (Å²) in [6.45, 7) is 3.13. The first-order valence-corrected chi connectivity index (χ1v) is 4.51. The first-order valence-electron chi connectivity index (χ1n) is 4.51. The first kappa shape index (κ1) is 11.0. The van der Waals surface area contributed by atoms with Gasteiger partial charge in [0.1, 0.15) is 0 Å². The topological polar surface area (TPSA) is 44.8 Å². The Kier molecular flexibility index (Phi) is 3.93. The molecule has 1 aliphatic heterocycles. The van der Waals surface area contributed by atoms with Crippen molar-refractivity contribution in [2.75, 3.05) is 20.3 Å². The highest BCUT2D eigenvalue weighted by Gasteiger charge is 2.29. The molecule has 1 aliphatic rings. The highest BCUT2D eigenvalue weighted by Crippen LogP contribution is 2.23. The summed E-state index contributed by atoms with van der Waals surface area (Å²) in [6, 6.07) is 0. The number of hydrogen-bond acceptors (Lipinski definition) is 4. The predicted octanol–water partition coefficient (Wildman–Crippen LogP) is 0.706. The lowest BCUT2D eigenvalue weighted by atomic mass is 10.2. The Balaban J connectivity index is 2.25. The van der Waals surface area contributed by atoms with Crippen molar-refractivity contribution in [1.82, 2.24) is 0 Å². The van der Waals surface area contributed by atoms with E-state index in [2.05, 4.69) is 16.6 Å². The molecule has 14 heavy (non-hydrogen) atoms. The third-order valence-electron chi connectivity index (χ3n) is 1.98. The van der Waals surface area contributed by atoms with Gasteiger partial charge in [-0.3, -0.25) is 0 Å². The van der Waals surface area contributed by atoms with E-state index in [1.165, 1.54) is 7.11 Å². The van der Waals surface area contributed by atoms with Crippen molar-refractivity contribution in [2.45, 2.75) is 25.6 Å². The van der Waals surface area contributed by atoms with Crippen LogP contribution in [0.2, 0.25) is 0 Å². The molecule has 4 heteroatoms. The molecule has 1 rings (SSSR count). The van der Waals surface area contributed by atoms with Gasteiger partial charge in [0.2, 0.25) is 0 Å². The number of esters is 1. The quantitative estimate of drug-likeness (QED) is 0.372. The molecule has 0 bridgehead atoms. The van der Waals surface area contributed by atoms with Crippen LogP contribution < -0.4 is 0 Å². The standard InChI is InChI=1S/C10H14O4/c1-10(13-7-8-14-10)6-4-3-5-9(11)12-2/h4,6-8H2,1-2H3. The van der Waals surface area contributed by atoms with Crippen molar-refractivity contribution in [1.29, 1.82) is 0 Å². The minimum Gasteiger partial charge on any atom is -0.459 e. The average Bonchev–Trinajstić information content (AvgIpc) is 2.60. The van der Waals surface area contributed by atoms with Crippen LogP contribution >= 0.6 is 0 Å². The van der Waals surface area contributed by atoms with Gasteiger partial charge in [0.15, 0.2) is 5.79 Å². The fraction of sp³-hybridized carbons (Fsp3) is 0.700. The van der Waals surface area contributed by atoms with Gasteiger partial charge in [0.05, 0.1) is 20.3 Å². The van der Waals surface area contributed by atoms with E-state index >= 15 is 0 Å². The lowest BCUT2D eigenvalue weighted by Crippen LogP contribution is -2.24. The average molecular weight is 198 g/mol. The summed E-state index contributed by atoms with van der Waals surface area (Å²) in [5.41, 5.74) is 0. The van der Waals surface area contributed by atoms with E-state index in [0.29, 0.717) is 26.1 Å². The van der Waals surface area contributed by atoms with E-state index in [1.807, 2.05) is 6.92 Å². The monoisotopic (exact) mass is 198 g/mol. The van der Waals surface area contributed by atoms with Crippen LogP contribution in [0.3, 0.4) is 0 Å². The molecular weight excluding hydrogens is 184 g/mol. The lowest BCUT2D eigenvalue weighted by Gasteiger charge is -2.20. The van der Waals surface area contributed by atoms with Gasteiger partial charge in [-0.05, 0) is 6.92 Å². The van der Waals surface area contributed by atoms with Gasteiger partial charge < -0.3 is 14.2 Å². The zero-order valence-corrected chi connectivity index (χ0v) is 8.46. The van der Waals surface area contributed by atoms with E-state index in [-0.39, 0.29) is 0 Å². The normalized spacial score (nSPS) is 18.4. The molecule has 0 aliphatic carbocycles. The van der Waals surface area contributed by atoms with Gasteiger partial charge in [-0.15, -0.1) is 0 Å². The number of carbonyl (C=O) groups is 1. The van der Waals surface area contributed by atoms with Crippen molar-refractivity contribution in [3.8, 4) is 11.8 Å². The molecule has 0 unspecified atom stereocenters. The maximum atomic E-state index is 10.6. The number of methoxy groups -OCH3 is 1. The van der Waals surface area contributed by atoms with Crippen LogP contribution in [0, 0.1) is 11.8 Å². The Morgan fingerprint density at radius 1 is 1.50 bits per heavy atom. The molecular formula is C10H14O4. The van der Waals surface area contributed by atoms with E-state index in [0.717, 1.165) is 0 Å². The molecule has 0 aromatic rings. The van der Waals surface area contributed by atoms with Crippen LogP contribution in [-0.2, 0) is 19.0 Å². The summed E-state index contributed by atoms with van der Waals surface area (Å²) in [5.74, 6) is 4.02. The number of carbonyl (C=O) groups excluding carboxylic acids is 1. The van der Waals surface area contributed by atoms with Crippen molar-refractivity contribution in [3.63, 3.8) is 0 Å². The molecule has 0 radical (unpaired) electrons. The maximum absolute atomic E-state index is 10.6. The second-order valence-electron chi connectivity index (χ2n) is 3.12. The van der Waals surface area contributed by atoms with Crippen LogP contribution in [0.5, 0.6) is 0 Å². The molecule has 0 N–H and O–H groups in total. The van der Waals surface area contributed by atoms with Crippen LogP contribution in [0.25, 0.3) is 0 Å². The molecule has 0 amide bonds. The molecule has 4 nitrogen and oxygen atoms in total. The Morgan fingerprint density at radius 2 is 2.14 bits per heavy atom. The van der Waals surface area contributed by atoms with Crippen LogP contribution in [-0.4, -0.2) is 32.1 Å². The zero-order valence-electron chi connectivity index (χ0n) is 8.46. The third-order valence-corrected chi connectivity index (χ3v) is 1.98. The summed E-state index contributed by atoms with van der Waals surface area (Å²) in [5, 5.41) is 0. The van der Waals surface area contributed by atoms with Crippen molar-refractivity contribution >= 4 is 5.97 Å². The van der Waals surface area contributed by atoms with E-state index < -0.39 is 11.8 Å². The molecule has 1 fully saturated rings. The summed E-state index contributed by atoms with van der Waals surface area (Å²) in [7, 11) is 1.31. The number of hydrogen-bond donors (Lipinski definition) is 0. The Morgan fingerprint density at radius 3 is 2.71 bits per heavy atom. The number of ether oxygens (including phenoxy) is 3. The smallest absolute Gasteiger partial charge is 0.384 e. The molecule has 0 aromatic heterocycles. The SMILES string of the molecule is COC(=O)C#CCCC1(C)OCCO1. The Bertz CT molecular complexity index is 255. The summed E-state index contributed by atoms with van der Waals surface area (Å²) in [4.78, 5) is 10.6. The highest BCUT2D eigenvalue weighted by atomic mass is 16.7. The largest absolute Gasteiger partial charge is 0.459 e. The van der Waals surface area contributed by atoms with Gasteiger partial charge in [0, 0.05) is 18.8 Å². The maximum Gasteiger partial charge on any atom is 0.384 e. The lowest BCUT2D eigenvalue weighted by molar-refractivity contribution is -0.145. The van der Waals surface area contributed by atoms with Gasteiger partial charge in [-0.2, -0.15) is 0 Å². The second kappa shape index (κ2) is 4.99. The van der Waals surface area contributed by atoms with Gasteiger partial charge in [-0.1, -0.05) is 5.92 Å².